The number of nitrogens with zero attached hydrogens (tertiary/aromatic N) is 2. The van der Waals surface area contributed by atoms with Crippen molar-refractivity contribution in [3.05, 3.63) is 28.8 Å². The van der Waals surface area contributed by atoms with Crippen LogP contribution in [0.2, 0.25) is 0 Å². The summed E-state index contributed by atoms with van der Waals surface area (Å²) in [7, 11) is 0. The number of thioether (sulfide) groups is 1. The molecule has 0 aromatic carbocycles. The van der Waals surface area contributed by atoms with Gasteiger partial charge in [-0.05, 0) is 10.7 Å². The summed E-state index contributed by atoms with van der Waals surface area (Å²) in [6.45, 7) is 3.52. The largest absolute Gasteiger partial charge is 0.477 e. The van der Waals surface area contributed by atoms with Crippen molar-refractivity contribution in [3.63, 3.8) is 0 Å². The molecule has 0 aromatic heterocycles. The number of β-lactam (4-membered cyclic amide) rings is 1. The summed E-state index contributed by atoms with van der Waals surface area (Å²) in [4.78, 5) is 58.5. The third-order valence-corrected chi connectivity index (χ3v) is 5.10. The summed E-state index contributed by atoms with van der Waals surface area (Å²) >= 11 is 6.52. The SMILES string of the molecule is C=CC1=C(C(=O)O)N2C(=O)C(NC(=O)C(N=O)C(=O)CCl)C2SC1. The van der Waals surface area contributed by atoms with Gasteiger partial charge in [-0.25, -0.2) is 4.79 Å². The van der Waals surface area contributed by atoms with Crippen LogP contribution < -0.4 is 5.32 Å². The van der Waals surface area contributed by atoms with Gasteiger partial charge >= 0.3 is 5.97 Å². The van der Waals surface area contributed by atoms with E-state index in [0.29, 0.717) is 11.3 Å². The van der Waals surface area contributed by atoms with E-state index < -0.39 is 46.9 Å². The quantitative estimate of drug-likeness (QED) is 0.274. The van der Waals surface area contributed by atoms with Crippen molar-refractivity contribution in [2.24, 2.45) is 5.18 Å². The van der Waals surface area contributed by atoms with E-state index in [4.69, 9.17) is 11.6 Å². The van der Waals surface area contributed by atoms with E-state index >= 15 is 0 Å². The van der Waals surface area contributed by atoms with E-state index in [1.807, 2.05) is 0 Å². The predicted octanol–water partition coefficient (Wildman–Crippen LogP) is -0.146. The van der Waals surface area contributed by atoms with Crippen molar-refractivity contribution < 1.29 is 24.3 Å². The maximum Gasteiger partial charge on any atom is 0.352 e. The molecule has 0 radical (unpaired) electrons. The Morgan fingerprint density at radius 1 is 1.54 bits per heavy atom. The molecule has 11 heteroatoms. The molecule has 3 atom stereocenters. The Balaban J connectivity index is 2.17. The number of hydrogen-bond donors (Lipinski definition) is 2. The standard InChI is InChI=1S/C13H12ClN3O6S/c1-2-5-4-24-12-8(11(20)17(12)9(5)13(21)22)15-10(19)7(16-23)6(18)3-14/h2,7-8,12H,1,3-4H2,(H,15,19)(H,21,22). The van der Waals surface area contributed by atoms with Gasteiger partial charge in [0.25, 0.3) is 11.8 Å². The zero-order chi connectivity index (χ0) is 18.0. The lowest BCUT2D eigenvalue weighted by molar-refractivity contribution is -0.151. The third-order valence-electron chi connectivity index (χ3n) is 3.53. The number of Topliss-reactive ketones (excluding diaryl/α,β-unsaturated/α-hetero) is 1. The number of rotatable bonds is 7. The Bertz CT molecular complexity index is 679. The zero-order valence-electron chi connectivity index (χ0n) is 12.1. The number of carbonyl (C=O) groups is 4. The van der Waals surface area contributed by atoms with Crippen LogP contribution in [0.3, 0.4) is 0 Å². The number of nitroso groups, excluding NO2 is 1. The Morgan fingerprint density at radius 2 is 2.21 bits per heavy atom. The Labute approximate surface area is 145 Å². The molecule has 0 spiro atoms. The molecule has 2 aliphatic heterocycles. The number of aliphatic carboxylic acids is 1. The topological polar surface area (TPSA) is 133 Å². The monoisotopic (exact) mass is 373 g/mol. The summed E-state index contributed by atoms with van der Waals surface area (Å²) in [5.41, 5.74) is 0.206. The van der Waals surface area contributed by atoms with Gasteiger partial charge in [-0.1, -0.05) is 12.7 Å². The van der Waals surface area contributed by atoms with E-state index in [2.05, 4.69) is 17.1 Å². The fraction of sp³-hybridized carbons (Fsp3) is 0.385. The van der Waals surface area contributed by atoms with E-state index in [0.717, 1.165) is 4.90 Å². The number of carbonyl (C=O) groups excluding carboxylic acids is 3. The second kappa shape index (κ2) is 7.14. The molecule has 0 saturated carbocycles. The lowest BCUT2D eigenvalue weighted by atomic mass is 10.0. The average molecular weight is 374 g/mol. The molecule has 2 N–H and O–H groups in total. The molecule has 2 aliphatic rings. The number of hydrogen-bond acceptors (Lipinski definition) is 7. The van der Waals surface area contributed by atoms with Gasteiger partial charge in [0.1, 0.15) is 17.1 Å². The van der Waals surface area contributed by atoms with E-state index in [1.165, 1.54) is 17.8 Å². The number of ketones is 1. The minimum atomic E-state index is -1.84. The van der Waals surface area contributed by atoms with Crippen molar-refractivity contribution in [1.29, 1.82) is 0 Å². The van der Waals surface area contributed by atoms with Crippen LogP contribution in [0.25, 0.3) is 0 Å². The van der Waals surface area contributed by atoms with Crippen molar-refractivity contribution >= 4 is 46.9 Å². The highest BCUT2D eigenvalue weighted by Gasteiger charge is 2.54. The van der Waals surface area contributed by atoms with Gasteiger partial charge in [0.05, 0.1) is 5.88 Å². The van der Waals surface area contributed by atoms with Crippen LogP contribution in [-0.2, 0) is 19.2 Å². The van der Waals surface area contributed by atoms with Crippen molar-refractivity contribution in [3.8, 4) is 0 Å². The zero-order valence-corrected chi connectivity index (χ0v) is 13.7. The molecular formula is C13H12ClN3O6S. The van der Waals surface area contributed by atoms with Crippen LogP contribution in [0.15, 0.2) is 29.1 Å². The molecule has 2 amide bonds. The van der Waals surface area contributed by atoms with Crippen LogP contribution in [0.5, 0.6) is 0 Å². The highest BCUT2D eigenvalue weighted by Crippen LogP contribution is 2.40. The predicted molar refractivity (Wildman–Crippen MR) is 85.2 cm³/mol. The molecule has 2 heterocycles. The number of fused-ring (bicyclic) bond motifs is 1. The summed E-state index contributed by atoms with van der Waals surface area (Å²) < 4.78 is 0. The fourth-order valence-corrected chi connectivity index (χ4v) is 3.84. The van der Waals surface area contributed by atoms with Crippen LogP contribution in [-0.4, -0.2) is 62.7 Å². The van der Waals surface area contributed by atoms with Gasteiger partial charge in [0.15, 0.2) is 5.78 Å². The van der Waals surface area contributed by atoms with Crippen molar-refractivity contribution in [2.75, 3.05) is 11.6 Å². The second-order valence-corrected chi connectivity index (χ2v) is 6.26. The second-order valence-electron chi connectivity index (χ2n) is 4.89. The Kier molecular flexibility index (Phi) is 5.40. The highest BCUT2D eigenvalue weighted by molar-refractivity contribution is 8.00. The molecule has 0 bridgehead atoms. The number of carboxylic acid groups (broad SMARTS) is 1. The summed E-state index contributed by atoms with van der Waals surface area (Å²) in [6, 6.07) is -2.88. The van der Waals surface area contributed by atoms with Crippen LogP contribution in [0.1, 0.15) is 0 Å². The maximum atomic E-state index is 12.2. The maximum absolute atomic E-state index is 12.2. The number of halogens is 1. The van der Waals surface area contributed by atoms with E-state index in [1.54, 1.807) is 0 Å². The lowest BCUT2D eigenvalue weighted by Gasteiger charge is -2.49. The molecule has 1 fully saturated rings. The number of carboxylic acids is 1. The van der Waals surface area contributed by atoms with Gasteiger partial charge in [-0.2, -0.15) is 0 Å². The molecule has 1 saturated heterocycles. The van der Waals surface area contributed by atoms with Gasteiger partial charge in [-0.3, -0.25) is 19.3 Å². The van der Waals surface area contributed by atoms with Crippen molar-refractivity contribution in [2.45, 2.75) is 17.5 Å². The Morgan fingerprint density at radius 3 is 2.71 bits per heavy atom. The highest BCUT2D eigenvalue weighted by atomic mass is 35.5. The van der Waals surface area contributed by atoms with E-state index in [-0.39, 0.29) is 5.70 Å². The fourth-order valence-electron chi connectivity index (χ4n) is 2.36. The summed E-state index contributed by atoms with van der Waals surface area (Å²) in [5, 5.41) is 13.3. The summed E-state index contributed by atoms with van der Waals surface area (Å²) in [6.07, 6.45) is 1.36. The number of alkyl halides is 1. The molecule has 9 nitrogen and oxygen atoms in total. The lowest BCUT2D eigenvalue weighted by Crippen LogP contribution is -2.71. The van der Waals surface area contributed by atoms with Crippen LogP contribution in [0, 0.1) is 4.91 Å². The van der Waals surface area contributed by atoms with Gasteiger partial charge < -0.3 is 10.4 Å². The average Bonchev–Trinajstić information content (AvgIpc) is 2.58. The molecule has 2 rings (SSSR count). The normalized spacial score (nSPS) is 23.7. The smallest absolute Gasteiger partial charge is 0.352 e. The number of allylic oxidation sites excluding steroid dienone is 1. The summed E-state index contributed by atoms with van der Waals surface area (Å²) in [5.74, 6) is -4.13. The number of nitrogens with one attached hydrogen (secondary N) is 1. The van der Waals surface area contributed by atoms with Gasteiger partial charge in [-0.15, -0.1) is 28.3 Å². The van der Waals surface area contributed by atoms with Crippen LogP contribution >= 0.6 is 23.4 Å². The van der Waals surface area contributed by atoms with Crippen LogP contribution in [0.4, 0.5) is 0 Å². The minimum Gasteiger partial charge on any atom is -0.477 e. The molecule has 24 heavy (non-hydrogen) atoms. The first-order valence-electron chi connectivity index (χ1n) is 6.62. The first-order chi connectivity index (χ1) is 11.4. The number of amides is 2. The van der Waals surface area contributed by atoms with Crippen molar-refractivity contribution in [1.82, 2.24) is 10.2 Å². The molecular weight excluding hydrogens is 362 g/mol. The Hall–Kier alpha value is -2.20. The first kappa shape index (κ1) is 18.1. The minimum absolute atomic E-state index is 0.189. The third kappa shape index (κ3) is 2.94. The molecule has 0 aliphatic carbocycles. The van der Waals surface area contributed by atoms with Gasteiger partial charge in [0, 0.05) is 5.75 Å². The molecule has 3 unspecified atom stereocenters. The van der Waals surface area contributed by atoms with Gasteiger partial charge in [0.2, 0.25) is 6.04 Å². The molecule has 0 aromatic rings. The van der Waals surface area contributed by atoms with E-state index in [9.17, 15) is 29.2 Å². The molecule has 128 valence electrons. The first-order valence-corrected chi connectivity index (χ1v) is 8.20.